The Hall–Kier alpha value is -2.14. The second kappa shape index (κ2) is 8.30. The third-order valence-electron chi connectivity index (χ3n) is 4.62. The molecule has 0 unspecified atom stereocenters. The molecule has 0 saturated carbocycles. The third kappa shape index (κ3) is 4.48. The van der Waals surface area contributed by atoms with Crippen molar-refractivity contribution in [3.63, 3.8) is 0 Å². The molecular formula is C20H24N2O2S. The molecule has 4 nitrogen and oxygen atoms in total. The van der Waals surface area contributed by atoms with Crippen LogP contribution < -0.4 is 10.6 Å². The van der Waals surface area contributed by atoms with E-state index in [0.29, 0.717) is 5.69 Å². The number of nitrogens with one attached hydrogen (secondary N) is 2. The molecule has 132 valence electrons. The Bertz CT molecular complexity index is 741. The lowest BCUT2D eigenvalue weighted by Crippen LogP contribution is -2.21. The highest BCUT2D eigenvalue weighted by molar-refractivity contribution is 7.14. The quantitative estimate of drug-likeness (QED) is 0.871. The SMILES string of the molecule is CNC(=O)Cc1ccccc1NC(=O)c1cc2c(s1)CCCCCC2. The van der Waals surface area contributed by atoms with Crippen LogP contribution in [0.15, 0.2) is 30.3 Å². The van der Waals surface area contributed by atoms with Gasteiger partial charge < -0.3 is 10.6 Å². The molecule has 0 bridgehead atoms. The summed E-state index contributed by atoms with van der Waals surface area (Å²) in [6.45, 7) is 0. The summed E-state index contributed by atoms with van der Waals surface area (Å²) in [6.07, 6.45) is 7.40. The van der Waals surface area contributed by atoms with Crippen LogP contribution >= 0.6 is 11.3 Å². The highest BCUT2D eigenvalue weighted by atomic mass is 32.1. The van der Waals surface area contributed by atoms with Gasteiger partial charge in [0.15, 0.2) is 0 Å². The number of para-hydroxylation sites is 1. The molecule has 0 radical (unpaired) electrons. The number of carbonyl (C=O) groups is 2. The van der Waals surface area contributed by atoms with Gasteiger partial charge in [-0.15, -0.1) is 11.3 Å². The van der Waals surface area contributed by atoms with Crippen LogP contribution in [0, 0.1) is 0 Å². The van der Waals surface area contributed by atoms with Crippen molar-refractivity contribution in [2.45, 2.75) is 44.9 Å². The van der Waals surface area contributed by atoms with Gasteiger partial charge in [0.2, 0.25) is 5.91 Å². The monoisotopic (exact) mass is 356 g/mol. The molecule has 1 aliphatic rings. The smallest absolute Gasteiger partial charge is 0.265 e. The van der Waals surface area contributed by atoms with E-state index in [-0.39, 0.29) is 18.2 Å². The van der Waals surface area contributed by atoms with Gasteiger partial charge in [0.25, 0.3) is 5.91 Å². The number of likely N-dealkylation sites (N-methyl/N-ethyl adjacent to an activating group) is 1. The van der Waals surface area contributed by atoms with Gasteiger partial charge in [-0.2, -0.15) is 0 Å². The predicted molar refractivity (Wildman–Crippen MR) is 102 cm³/mol. The van der Waals surface area contributed by atoms with E-state index in [1.165, 1.54) is 36.1 Å². The summed E-state index contributed by atoms with van der Waals surface area (Å²) in [5.41, 5.74) is 2.87. The predicted octanol–water partition coefficient (Wildman–Crippen LogP) is 3.95. The minimum atomic E-state index is -0.0823. The van der Waals surface area contributed by atoms with Crippen molar-refractivity contribution in [1.29, 1.82) is 0 Å². The van der Waals surface area contributed by atoms with E-state index < -0.39 is 0 Å². The van der Waals surface area contributed by atoms with Crippen molar-refractivity contribution >= 4 is 28.8 Å². The van der Waals surface area contributed by atoms with Gasteiger partial charge in [0.05, 0.1) is 11.3 Å². The molecule has 0 fully saturated rings. The number of hydrogen-bond donors (Lipinski definition) is 2. The average molecular weight is 356 g/mol. The number of fused-ring (bicyclic) bond motifs is 1. The van der Waals surface area contributed by atoms with Gasteiger partial charge in [-0.05, 0) is 48.9 Å². The van der Waals surface area contributed by atoms with Crippen LogP contribution in [-0.4, -0.2) is 18.9 Å². The Morgan fingerprint density at radius 3 is 2.64 bits per heavy atom. The molecule has 2 N–H and O–H groups in total. The summed E-state index contributed by atoms with van der Waals surface area (Å²) in [6, 6.07) is 9.53. The van der Waals surface area contributed by atoms with Crippen molar-refractivity contribution < 1.29 is 9.59 Å². The maximum atomic E-state index is 12.7. The van der Waals surface area contributed by atoms with Gasteiger partial charge in [-0.3, -0.25) is 9.59 Å². The number of amides is 2. The lowest BCUT2D eigenvalue weighted by Gasteiger charge is -2.09. The number of anilines is 1. The number of carbonyl (C=O) groups excluding carboxylic acids is 2. The van der Waals surface area contributed by atoms with E-state index in [9.17, 15) is 9.59 Å². The first kappa shape index (κ1) is 17.7. The molecule has 0 aliphatic heterocycles. The van der Waals surface area contributed by atoms with Crippen molar-refractivity contribution in [3.8, 4) is 0 Å². The summed E-state index contributed by atoms with van der Waals surface area (Å²) < 4.78 is 0. The molecule has 3 rings (SSSR count). The van der Waals surface area contributed by atoms with Crippen LogP contribution in [0.3, 0.4) is 0 Å². The third-order valence-corrected chi connectivity index (χ3v) is 5.85. The van der Waals surface area contributed by atoms with Crippen LogP contribution in [0.2, 0.25) is 0 Å². The second-order valence-corrected chi connectivity index (χ2v) is 7.57. The number of aryl methyl sites for hydroxylation is 2. The van der Waals surface area contributed by atoms with E-state index in [1.54, 1.807) is 18.4 Å². The van der Waals surface area contributed by atoms with Crippen molar-refractivity contribution in [1.82, 2.24) is 5.32 Å². The molecule has 0 spiro atoms. The largest absolute Gasteiger partial charge is 0.359 e. The Labute approximate surface area is 152 Å². The molecule has 5 heteroatoms. The molecule has 25 heavy (non-hydrogen) atoms. The van der Waals surface area contributed by atoms with Gasteiger partial charge in [-0.1, -0.05) is 31.0 Å². The fourth-order valence-electron chi connectivity index (χ4n) is 3.20. The Morgan fingerprint density at radius 2 is 1.84 bits per heavy atom. The van der Waals surface area contributed by atoms with Gasteiger partial charge in [0.1, 0.15) is 0 Å². The summed E-state index contributed by atoms with van der Waals surface area (Å²) >= 11 is 1.62. The lowest BCUT2D eigenvalue weighted by atomic mass is 10.00. The fraction of sp³-hybridized carbons (Fsp3) is 0.400. The maximum absolute atomic E-state index is 12.7. The van der Waals surface area contributed by atoms with Crippen molar-refractivity contribution in [2.24, 2.45) is 0 Å². The normalized spacial score (nSPS) is 14.1. The molecular weight excluding hydrogens is 332 g/mol. The zero-order chi connectivity index (χ0) is 17.6. The molecule has 1 aromatic carbocycles. The van der Waals surface area contributed by atoms with Crippen molar-refractivity contribution in [3.05, 3.63) is 51.2 Å². The number of benzene rings is 1. The first-order valence-corrected chi connectivity index (χ1v) is 9.70. The van der Waals surface area contributed by atoms with E-state index in [4.69, 9.17) is 0 Å². The number of thiophene rings is 1. The summed E-state index contributed by atoms with van der Waals surface area (Å²) in [4.78, 5) is 26.5. The highest BCUT2D eigenvalue weighted by Crippen LogP contribution is 2.29. The van der Waals surface area contributed by atoms with Crippen LogP contribution in [0.4, 0.5) is 5.69 Å². The van der Waals surface area contributed by atoms with Gasteiger partial charge in [-0.25, -0.2) is 0 Å². The maximum Gasteiger partial charge on any atom is 0.265 e. The van der Waals surface area contributed by atoms with E-state index in [2.05, 4.69) is 16.7 Å². The zero-order valence-corrected chi connectivity index (χ0v) is 15.4. The average Bonchev–Trinajstić information content (AvgIpc) is 2.98. The number of hydrogen-bond acceptors (Lipinski definition) is 3. The van der Waals surface area contributed by atoms with Gasteiger partial charge >= 0.3 is 0 Å². The molecule has 1 aliphatic carbocycles. The fourth-order valence-corrected chi connectivity index (χ4v) is 4.35. The molecule has 2 aromatic rings. The van der Waals surface area contributed by atoms with Crippen LogP contribution in [-0.2, 0) is 24.1 Å². The minimum absolute atomic E-state index is 0.0687. The van der Waals surface area contributed by atoms with E-state index >= 15 is 0 Å². The topological polar surface area (TPSA) is 58.2 Å². The standard InChI is InChI=1S/C20H24N2O2S/c1-21-19(23)13-14-8-6-7-10-16(14)22-20(24)18-12-15-9-4-2-3-5-11-17(15)25-18/h6-8,10,12H,2-5,9,11,13H2,1H3,(H,21,23)(H,22,24). The number of rotatable bonds is 4. The molecule has 1 aromatic heterocycles. The summed E-state index contributed by atoms with van der Waals surface area (Å²) in [7, 11) is 1.62. The lowest BCUT2D eigenvalue weighted by molar-refractivity contribution is -0.119. The molecule has 0 atom stereocenters. The Morgan fingerprint density at radius 1 is 1.08 bits per heavy atom. The van der Waals surface area contributed by atoms with Crippen LogP contribution in [0.5, 0.6) is 0 Å². The van der Waals surface area contributed by atoms with Gasteiger partial charge in [0, 0.05) is 17.6 Å². The first-order chi connectivity index (χ1) is 12.2. The van der Waals surface area contributed by atoms with Crippen LogP contribution in [0.25, 0.3) is 0 Å². The first-order valence-electron chi connectivity index (χ1n) is 8.89. The van der Waals surface area contributed by atoms with E-state index in [1.807, 2.05) is 24.3 Å². The minimum Gasteiger partial charge on any atom is -0.359 e. The molecule has 1 heterocycles. The Balaban J connectivity index is 1.76. The van der Waals surface area contributed by atoms with Crippen LogP contribution in [0.1, 0.15) is 51.4 Å². The molecule has 2 amide bonds. The highest BCUT2D eigenvalue weighted by Gasteiger charge is 2.17. The van der Waals surface area contributed by atoms with E-state index in [0.717, 1.165) is 23.3 Å². The Kier molecular flexibility index (Phi) is 5.87. The van der Waals surface area contributed by atoms with Crippen molar-refractivity contribution in [2.75, 3.05) is 12.4 Å². The second-order valence-electron chi connectivity index (χ2n) is 6.43. The molecule has 0 saturated heterocycles. The zero-order valence-electron chi connectivity index (χ0n) is 14.6. The summed E-state index contributed by atoms with van der Waals surface area (Å²) in [5.74, 6) is -0.151. The summed E-state index contributed by atoms with van der Waals surface area (Å²) in [5, 5.41) is 5.61.